The maximum atomic E-state index is 5.76. The van der Waals surface area contributed by atoms with Crippen LogP contribution in [0.1, 0.15) is 5.69 Å². The van der Waals surface area contributed by atoms with E-state index in [-0.39, 0.29) is 0 Å². The molecule has 2 aromatic rings. The van der Waals surface area contributed by atoms with Crippen molar-refractivity contribution in [3.8, 4) is 17.2 Å². The minimum absolute atomic E-state index is 0.398. The summed E-state index contributed by atoms with van der Waals surface area (Å²) in [6.45, 7) is 2.72. The highest BCUT2D eigenvalue weighted by Crippen LogP contribution is 2.19. The van der Waals surface area contributed by atoms with Crippen LogP contribution in [0.25, 0.3) is 0 Å². The predicted molar refractivity (Wildman–Crippen MR) is 77.4 cm³/mol. The maximum Gasteiger partial charge on any atom is 0.166 e. The molecule has 0 fully saturated rings. The summed E-state index contributed by atoms with van der Waals surface area (Å²) in [6, 6.07) is 11.1. The number of nitrogen functional groups attached to an aromatic ring is 1. The third kappa shape index (κ3) is 3.78. The molecule has 2 N–H and O–H groups in total. The van der Waals surface area contributed by atoms with Gasteiger partial charge in [-0.2, -0.15) is 0 Å². The van der Waals surface area contributed by atoms with Gasteiger partial charge in [0, 0.05) is 5.69 Å². The lowest BCUT2D eigenvalue weighted by Gasteiger charge is -2.10. The molecule has 0 saturated carbocycles. The Morgan fingerprint density at radius 3 is 2.25 bits per heavy atom. The third-order valence-corrected chi connectivity index (χ3v) is 2.69. The molecule has 106 valence electrons. The lowest BCUT2D eigenvalue weighted by Crippen LogP contribution is -2.10. The Kier molecular flexibility index (Phi) is 4.65. The smallest absolute Gasteiger partial charge is 0.166 e. The first-order valence-corrected chi connectivity index (χ1v) is 6.32. The molecule has 5 heteroatoms. The molecule has 0 saturated heterocycles. The molecular formula is C15H18N2O3. The summed E-state index contributed by atoms with van der Waals surface area (Å²) in [4.78, 5) is 4.13. The first kappa shape index (κ1) is 14.0. The summed E-state index contributed by atoms with van der Waals surface area (Å²) in [7, 11) is 1.63. The van der Waals surface area contributed by atoms with E-state index in [0.717, 1.165) is 17.2 Å². The molecule has 0 aliphatic rings. The van der Waals surface area contributed by atoms with Gasteiger partial charge in [-0.15, -0.1) is 0 Å². The molecule has 0 radical (unpaired) electrons. The zero-order valence-corrected chi connectivity index (χ0v) is 11.6. The molecule has 0 bridgehead atoms. The number of hydrogen-bond acceptors (Lipinski definition) is 5. The highest BCUT2D eigenvalue weighted by atomic mass is 16.5. The number of methoxy groups -OCH3 is 1. The fraction of sp³-hybridized carbons (Fsp3) is 0.267. The van der Waals surface area contributed by atoms with Crippen molar-refractivity contribution < 1.29 is 14.2 Å². The molecule has 20 heavy (non-hydrogen) atoms. The van der Waals surface area contributed by atoms with E-state index in [0.29, 0.717) is 24.8 Å². The Morgan fingerprint density at radius 1 is 0.950 bits per heavy atom. The molecule has 0 unspecified atom stereocenters. The third-order valence-electron chi connectivity index (χ3n) is 2.69. The van der Waals surface area contributed by atoms with Gasteiger partial charge in [-0.25, -0.2) is 4.98 Å². The first-order chi connectivity index (χ1) is 9.69. The van der Waals surface area contributed by atoms with E-state index in [9.17, 15) is 0 Å². The standard InChI is InChI=1S/C15H18N2O3/c1-11-3-8-14(15(16)17-11)20-10-9-19-13-6-4-12(18-2)5-7-13/h3-8H,9-10H2,1-2H3,(H2,16,17). The predicted octanol–water partition coefficient (Wildman–Crippen LogP) is 2.44. The summed E-state index contributed by atoms with van der Waals surface area (Å²) in [6.07, 6.45) is 0. The van der Waals surface area contributed by atoms with Crippen LogP contribution in [0, 0.1) is 6.92 Å². The molecule has 1 aromatic carbocycles. The summed E-state index contributed by atoms with van der Waals surface area (Å²) in [5.74, 6) is 2.54. The van der Waals surface area contributed by atoms with Crippen LogP contribution in [0.3, 0.4) is 0 Å². The molecule has 0 atom stereocenters. The number of rotatable bonds is 6. The molecule has 0 spiro atoms. The van der Waals surface area contributed by atoms with Crippen LogP contribution in [-0.2, 0) is 0 Å². The van der Waals surface area contributed by atoms with Gasteiger partial charge >= 0.3 is 0 Å². The number of benzene rings is 1. The molecule has 0 aliphatic carbocycles. The minimum Gasteiger partial charge on any atom is -0.497 e. The van der Waals surface area contributed by atoms with Gasteiger partial charge in [-0.3, -0.25) is 0 Å². The van der Waals surface area contributed by atoms with E-state index in [2.05, 4.69) is 4.98 Å². The van der Waals surface area contributed by atoms with Crippen molar-refractivity contribution in [2.24, 2.45) is 0 Å². The second-order valence-corrected chi connectivity index (χ2v) is 4.21. The average Bonchev–Trinajstić information content (AvgIpc) is 2.46. The second kappa shape index (κ2) is 6.65. The van der Waals surface area contributed by atoms with E-state index in [1.54, 1.807) is 7.11 Å². The molecule has 5 nitrogen and oxygen atoms in total. The minimum atomic E-state index is 0.398. The average molecular weight is 274 g/mol. The van der Waals surface area contributed by atoms with E-state index in [4.69, 9.17) is 19.9 Å². The monoisotopic (exact) mass is 274 g/mol. The summed E-state index contributed by atoms with van der Waals surface area (Å²) >= 11 is 0. The van der Waals surface area contributed by atoms with Crippen LogP contribution in [0.4, 0.5) is 5.82 Å². The van der Waals surface area contributed by atoms with Crippen molar-refractivity contribution in [3.63, 3.8) is 0 Å². The Morgan fingerprint density at radius 2 is 1.60 bits per heavy atom. The fourth-order valence-corrected chi connectivity index (χ4v) is 1.67. The Bertz CT molecular complexity index is 556. The SMILES string of the molecule is COc1ccc(OCCOc2ccc(C)nc2N)cc1. The number of hydrogen-bond donors (Lipinski definition) is 1. The van der Waals surface area contributed by atoms with Gasteiger partial charge < -0.3 is 19.9 Å². The molecule has 0 aliphatic heterocycles. The van der Waals surface area contributed by atoms with E-state index >= 15 is 0 Å². The van der Waals surface area contributed by atoms with Crippen LogP contribution in [0.15, 0.2) is 36.4 Å². The normalized spacial score (nSPS) is 10.1. The lowest BCUT2D eigenvalue weighted by atomic mass is 10.3. The Hall–Kier alpha value is -2.43. The number of aryl methyl sites for hydroxylation is 1. The first-order valence-electron chi connectivity index (χ1n) is 6.32. The van der Waals surface area contributed by atoms with Crippen molar-refractivity contribution in [1.29, 1.82) is 0 Å². The molecule has 0 amide bonds. The maximum absolute atomic E-state index is 5.76. The van der Waals surface area contributed by atoms with Gasteiger partial charge in [0.1, 0.15) is 24.7 Å². The number of anilines is 1. The van der Waals surface area contributed by atoms with Gasteiger partial charge in [0.25, 0.3) is 0 Å². The Labute approximate surface area is 118 Å². The molecule has 1 heterocycles. The topological polar surface area (TPSA) is 66.6 Å². The largest absolute Gasteiger partial charge is 0.497 e. The van der Waals surface area contributed by atoms with E-state index in [1.807, 2.05) is 43.3 Å². The number of aromatic nitrogens is 1. The highest BCUT2D eigenvalue weighted by Gasteiger charge is 2.02. The summed E-state index contributed by atoms with van der Waals surface area (Å²) < 4.78 is 16.1. The van der Waals surface area contributed by atoms with Crippen molar-refractivity contribution in [1.82, 2.24) is 4.98 Å². The summed E-state index contributed by atoms with van der Waals surface area (Å²) in [5, 5.41) is 0. The zero-order chi connectivity index (χ0) is 14.4. The quantitative estimate of drug-likeness (QED) is 0.819. The van der Waals surface area contributed by atoms with Crippen molar-refractivity contribution in [2.45, 2.75) is 6.92 Å². The van der Waals surface area contributed by atoms with Gasteiger partial charge in [-0.05, 0) is 43.3 Å². The van der Waals surface area contributed by atoms with Crippen LogP contribution < -0.4 is 19.9 Å². The van der Waals surface area contributed by atoms with Crippen LogP contribution in [0.5, 0.6) is 17.2 Å². The van der Waals surface area contributed by atoms with Crippen LogP contribution >= 0.6 is 0 Å². The van der Waals surface area contributed by atoms with Gasteiger partial charge in [0.05, 0.1) is 7.11 Å². The van der Waals surface area contributed by atoms with E-state index < -0.39 is 0 Å². The second-order valence-electron chi connectivity index (χ2n) is 4.21. The molecule has 1 aromatic heterocycles. The van der Waals surface area contributed by atoms with Gasteiger partial charge in [-0.1, -0.05) is 0 Å². The number of pyridine rings is 1. The summed E-state index contributed by atoms with van der Waals surface area (Å²) in [5.41, 5.74) is 6.62. The number of ether oxygens (including phenoxy) is 3. The molecular weight excluding hydrogens is 256 g/mol. The number of nitrogens with zero attached hydrogens (tertiary/aromatic N) is 1. The molecule has 2 rings (SSSR count). The van der Waals surface area contributed by atoms with E-state index in [1.165, 1.54) is 0 Å². The van der Waals surface area contributed by atoms with Crippen molar-refractivity contribution in [3.05, 3.63) is 42.1 Å². The fourth-order valence-electron chi connectivity index (χ4n) is 1.67. The van der Waals surface area contributed by atoms with Crippen LogP contribution in [-0.4, -0.2) is 25.3 Å². The van der Waals surface area contributed by atoms with Crippen molar-refractivity contribution >= 4 is 5.82 Å². The Balaban J connectivity index is 1.78. The number of nitrogens with two attached hydrogens (primary N) is 1. The lowest BCUT2D eigenvalue weighted by molar-refractivity contribution is 0.217. The van der Waals surface area contributed by atoms with Gasteiger partial charge in [0.15, 0.2) is 11.6 Å². The van der Waals surface area contributed by atoms with Gasteiger partial charge in [0.2, 0.25) is 0 Å². The highest BCUT2D eigenvalue weighted by molar-refractivity contribution is 5.46. The van der Waals surface area contributed by atoms with Crippen LogP contribution in [0.2, 0.25) is 0 Å². The zero-order valence-electron chi connectivity index (χ0n) is 11.6. The van der Waals surface area contributed by atoms with Crippen molar-refractivity contribution in [2.75, 3.05) is 26.1 Å².